The molecule has 2 heterocycles. The van der Waals surface area contributed by atoms with Crippen LogP contribution in [0.2, 0.25) is 0 Å². The summed E-state index contributed by atoms with van der Waals surface area (Å²) in [7, 11) is 2.19. The molecular formula is C16H23NO2. The van der Waals surface area contributed by atoms with Gasteiger partial charge in [0.15, 0.2) is 0 Å². The highest BCUT2D eigenvalue weighted by molar-refractivity contribution is 5.34. The summed E-state index contributed by atoms with van der Waals surface area (Å²) in [5.74, 6) is 0.674. The molecule has 2 aliphatic rings. The lowest BCUT2D eigenvalue weighted by atomic mass is 9.77. The molecule has 1 aromatic rings. The second-order valence-corrected chi connectivity index (χ2v) is 6.13. The van der Waals surface area contributed by atoms with Crippen LogP contribution in [0.4, 0.5) is 0 Å². The van der Waals surface area contributed by atoms with E-state index in [1.165, 1.54) is 37.1 Å². The number of likely N-dealkylation sites (tertiary alicyclic amines) is 1. The van der Waals surface area contributed by atoms with Crippen molar-refractivity contribution in [2.45, 2.75) is 24.2 Å². The zero-order chi connectivity index (χ0) is 13.3. The van der Waals surface area contributed by atoms with Crippen LogP contribution in [0, 0.1) is 0 Å². The van der Waals surface area contributed by atoms with Crippen LogP contribution < -0.4 is 0 Å². The molecule has 2 aliphatic heterocycles. The summed E-state index contributed by atoms with van der Waals surface area (Å²) in [5.41, 5.74) is 2.55. The van der Waals surface area contributed by atoms with E-state index in [0.717, 1.165) is 0 Å². The van der Waals surface area contributed by atoms with E-state index in [4.69, 9.17) is 4.74 Å². The Morgan fingerprint density at radius 2 is 2.05 bits per heavy atom. The summed E-state index contributed by atoms with van der Waals surface area (Å²) in [6, 6.07) is 8.81. The average molecular weight is 261 g/mol. The second kappa shape index (κ2) is 5.23. The average Bonchev–Trinajstić information content (AvgIpc) is 2.39. The van der Waals surface area contributed by atoms with Gasteiger partial charge in [0.25, 0.3) is 0 Å². The SMILES string of the molecule is CN1CCC(c2cccc(C3(CO)COC3)c2)CC1. The van der Waals surface area contributed by atoms with Crippen LogP contribution in [0.1, 0.15) is 29.9 Å². The summed E-state index contributed by atoms with van der Waals surface area (Å²) in [6.45, 7) is 3.86. The van der Waals surface area contributed by atoms with Crippen molar-refractivity contribution in [2.24, 2.45) is 0 Å². The first-order chi connectivity index (χ1) is 9.23. The van der Waals surface area contributed by atoms with E-state index < -0.39 is 0 Å². The molecule has 0 atom stereocenters. The summed E-state index contributed by atoms with van der Waals surface area (Å²) in [5, 5.41) is 9.64. The fourth-order valence-corrected chi connectivity index (χ4v) is 3.16. The van der Waals surface area contributed by atoms with Crippen molar-refractivity contribution >= 4 is 0 Å². The zero-order valence-corrected chi connectivity index (χ0v) is 11.6. The molecule has 1 aromatic carbocycles. The van der Waals surface area contributed by atoms with Crippen LogP contribution in [0.25, 0.3) is 0 Å². The number of nitrogens with zero attached hydrogens (tertiary/aromatic N) is 1. The van der Waals surface area contributed by atoms with Crippen LogP contribution in [0.5, 0.6) is 0 Å². The standard InChI is InChI=1S/C16H23NO2/c1-17-7-5-13(6-8-17)14-3-2-4-15(9-14)16(10-18)11-19-12-16/h2-4,9,13,18H,5-8,10-12H2,1H3. The van der Waals surface area contributed by atoms with Gasteiger partial charge in [-0.15, -0.1) is 0 Å². The number of hydrogen-bond donors (Lipinski definition) is 1. The van der Waals surface area contributed by atoms with Crippen molar-refractivity contribution in [3.63, 3.8) is 0 Å². The minimum atomic E-state index is -0.137. The predicted octanol–water partition coefficient (Wildman–Crippen LogP) is 1.76. The van der Waals surface area contributed by atoms with Crippen LogP contribution >= 0.6 is 0 Å². The maximum absolute atomic E-state index is 9.64. The number of rotatable bonds is 3. The lowest BCUT2D eigenvalue weighted by Gasteiger charge is -2.41. The lowest BCUT2D eigenvalue weighted by molar-refractivity contribution is -0.0842. The van der Waals surface area contributed by atoms with Crippen molar-refractivity contribution in [3.8, 4) is 0 Å². The first-order valence-corrected chi connectivity index (χ1v) is 7.21. The number of aliphatic hydroxyl groups is 1. The van der Waals surface area contributed by atoms with Crippen molar-refractivity contribution in [1.82, 2.24) is 4.90 Å². The normalized spacial score (nSPS) is 24.1. The molecule has 104 valence electrons. The number of ether oxygens (including phenoxy) is 1. The van der Waals surface area contributed by atoms with Gasteiger partial charge in [-0.05, 0) is 50.0 Å². The van der Waals surface area contributed by atoms with E-state index in [2.05, 4.69) is 36.2 Å². The molecule has 0 aromatic heterocycles. The van der Waals surface area contributed by atoms with E-state index in [9.17, 15) is 5.11 Å². The van der Waals surface area contributed by atoms with Crippen LogP contribution in [-0.2, 0) is 10.2 Å². The molecule has 2 saturated heterocycles. The van der Waals surface area contributed by atoms with Gasteiger partial charge < -0.3 is 14.7 Å². The fraction of sp³-hybridized carbons (Fsp3) is 0.625. The Kier molecular flexibility index (Phi) is 3.61. The van der Waals surface area contributed by atoms with Crippen LogP contribution in [0.15, 0.2) is 24.3 Å². The van der Waals surface area contributed by atoms with Gasteiger partial charge in [-0.1, -0.05) is 24.3 Å². The maximum atomic E-state index is 9.64. The summed E-state index contributed by atoms with van der Waals surface area (Å²) in [6.07, 6.45) is 2.48. The molecule has 3 nitrogen and oxygen atoms in total. The van der Waals surface area contributed by atoms with Gasteiger partial charge in [-0.3, -0.25) is 0 Å². The van der Waals surface area contributed by atoms with Crippen molar-refractivity contribution in [1.29, 1.82) is 0 Å². The first-order valence-electron chi connectivity index (χ1n) is 7.21. The molecule has 0 unspecified atom stereocenters. The van der Waals surface area contributed by atoms with Gasteiger partial charge >= 0.3 is 0 Å². The highest BCUT2D eigenvalue weighted by atomic mass is 16.5. The third kappa shape index (κ3) is 2.42. The van der Waals surface area contributed by atoms with Gasteiger partial charge in [0.05, 0.1) is 25.2 Å². The van der Waals surface area contributed by atoms with Gasteiger partial charge in [-0.2, -0.15) is 0 Å². The highest BCUT2D eigenvalue weighted by Crippen LogP contribution is 2.35. The molecule has 0 saturated carbocycles. The largest absolute Gasteiger partial charge is 0.395 e. The smallest absolute Gasteiger partial charge is 0.0651 e. The Morgan fingerprint density at radius 1 is 1.32 bits per heavy atom. The second-order valence-electron chi connectivity index (χ2n) is 6.13. The minimum Gasteiger partial charge on any atom is -0.395 e. The Balaban J connectivity index is 1.80. The molecule has 0 bridgehead atoms. The van der Waals surface area contributed by atoms with E-state index >= 15 is 0 Å². The lowest BCUT2D eigenvalue weighted by Crippen LogP contribution is -2.49. The van der Waals surface area contributed by atoms with Gasteiger partial charge in [0.1, 0.15) is 0 Å². The predicted molar refractivity (Wildman–Crippen MR) is 75.5 cm³/mol. The van der Waals surface area contributed by atoms with E-state index in [1.54, 1.807) is 0 Å². The molecule has 0 aliphatic carbocycles. The fourth-order valence-electron chi connectivity index (χ4n) is 3.16. The summed E-state index contributed by atoms with van der Waals surface area (Å²) in [4.78, 5) is 2.40. The molecule has 2 fully saturated rings. The first kappa shape index (κ1) is 13.1. The summed E-state index contributed by atoms with van der Waals surface area (Å²) >= 11 is 0. The van der Waals surface area contributed by atoms with Crippen molar-refractivity contribution in [3.05, 3.63) is 35.4 Å². The topological polar surface area (TPSA) is 32.7 Å². The Bertz CT molecular complexity index is 429. The zero-order valence-electron chi connectivity index (χ0n) is 11.6. The quantitative estimate of drug-likeness (QED) is 0.900. The van der Waals surface area contributed by atoms with Crippen LogP contribution in [0.3, 0.4) is 0 Å². The minimum absolute atomic E-state index is 0.137. The molecule has 1 N–H and O–H groups in total. The maximum Gasteiger partial charge on any atom is 0.0651 e. The Morgan fingerprint density at radius 3 is 2.63 bits per heavy atom. The molecule has 0 amide bonds. The third-order valence-electron chi connectivity index (χ3n) is 4.75. The highest BCUT2D eigenvalue weighted by Gasteiger charge is 2.40. The molecule has 19 heavy (non-hydrogen) atoms. The molecule has 0 spiro atoms. The molecule has 3 heteroatoms. The molecule has 3 rings (SSSR count). The molecule has 0 radical (unpaired) electrons. The van der Waals surface area contributed by atoms with Gasteiger partial charge in [-0.25, -0.2) is 0 Å². The monoisotopic (exact) mass is 261 g/mol. The van der Waals surface area contributed by atoms with Crippen molar-refractivity contribution < 1.29 is 9.84 Å². The number of piperidine rings is 1. The third-order valence-corrected chi connectivity index (χ3v) is 4.75. The molecular weight excluding hydrogens is 238 g/mol. The van der Waals surface area contributed by atoms with Gasteiger partial charge in [0, 0.05) is 0 Å². The Labute approximate surface area is 115 Å². The number of benzene rings is 1. The van der Waals surface area contributed by atoms with E-state index in [1.807, 2.05) is 0 Å². The van der Waals surface area contributed by atoms with E-state index in [-0.39, 0.29) is 12.0 Å². The number of hydrogen-bond acceptors (Lipinski definition) is 3. The van der Waals surface area contributed by atoms with Crippen molar-refractivity contribution in [2.75, 3.05) is 40.0 Å². The van der Waals surface area contributed by atoms with E-state index in [0.29, 0.717) is 19.1 Å². The van der Waals surface area contributed by atoms with Gasteiger partial charge in [0.2, 0.25) is 0 Å². The Hall–Kier alpha value is -0.900. The summed E-state index contributed by atoms with van der Waals surface area (Å²) < 4.78 is 5.32. The van der Waals surface area contributed by atoms with Crippen LogP contribution in [-0.4, -0.2) is 50.0 Å². The number of aliphatic hydroxyl groups excluding tert-OH is 1.